The van der Waals surface area contributed by atoms with Crippen LogP contribution in [0.3, 0.4) is 0 Å². The van der Waals surface area contributed by atoms with Crippen molar-refractivity contribution in [1.29, 1.82) is 0 Å². The first-order valence-corrected chi connectivity index (χ1v) is 3.76. The van der Waals surface area contributed by atoms with Crippen LogP contribution in [0.5, 0.6) is 0 Å². The molecule has 64 valence electrons. The first kappa shape index (κ1) is 10.3. The number of aliphatic hydroxyl groups is 1. The van der Waals surface area contributed by atoms with Crippen molar-refractivity contribution in [2.24, 2.45) is 0 Å². The van der Waals surface area contributed by atoms with Gasteiger partial charge in [0.05, 0.1) is 6.10 Å². The van der Waals surface area contributed by atoms with E-state index in [0.29, 0.717) is 12.8 Å². The van der Waals surface area contributed by atoms with E-state index in [1.165, 1.54) is 6.92 Å². The monoisotopic (exact) mass is 158 g/mol. The van der Waals surface area contributed by atoms with Crippen LogP contribution in [0.1, 0.15) is 33.1 Å². The predicted octanol–water partition coefficient (Wildman–Crippen LogP) is 0.696. The summed E-state index contributed by atoms with van der Waals surface area (Å²) in [4.78, 5) is 21.1. The molecule has 11 heavy (non-hydrogen) atoms. The number of rotatable bonds is 5. The molecule has 0 aromatic heterocycles. The molecule has 0 rings (SSSR count). The van der Waals surface area contributed by atoms with Gasteiger partial charge in [-0.05, 0) is 19.8 Å². The quantitative estimate of drug-likeness (QED) is 0.599. The first-order chi connectivity index (χ1) is 5.04. The molecule has 1 unspecified atom stereocenters. The predicted molar refractivity (Wildman–Crippen MR) is 41.2 cm³/mol. The summed E-state index contributed by atoms with van der Waals surface area (Å²) >= 11 is 0. The largest absolute Gasteiger partial charge is 0.393 e. The van der Waals surface area contributed by atoms with Crippen molar-refractivity contribution >= 4 is 11.6 Å². The standard InChI is InChI=1S/C8H14O3/c1-6(9)4-3-5-8(11)7(2)10/h6,9H,3-5H2,1-2H3. The molecule has 0 amide bonds. The molecule has 0 aromatic carbocycles. The van der Waals surface area contributed by atoms with Crippen LogP contribution in [0.4, 0.5) is 0 Å². The van der Waals surface area contributed by atoms with Crippen molar-refractivity contribution in [2.75, 3.05) is 0 Å². The van der Waals surface area contributed by atoms with Crippen LogP contribution >= 0.6 is 0 Å². The number of hydrogen-bond donors (Lipinski definition) is 1. The number of aliphatic hydroxyl groups excluding tert-OH is 1. The normalized spacial score (nSPS) is 12.6. The number of Topliss-reactive ketones (excluding diaryl/α,β-unsaturated/α-hetero) is 2. The zero-order chi connectivity index (χ0) is 8.85. The van der Waals surface area contributed by atoms with Gasteiger partial charge in [0, 0.05) is 13.3 Å². The summed E-state index contributed by atoms with van der Waals surface area (Å²) in [7, 11) is 0. The van der Waals surface area contributed by atoms with Crippen molar-refractivity contribution in [3.8, 4) is 0 Å². The number of ketones is 2. The lowest BCUT2D eigenvalue weighted by Gasteiger charge is -2.00. The van der Waals surface area contributed by atoms with Crippen LogP contribution in [0.2, 0.25) is 0 Å². The molecule has 0 aromatic rings. The lowest BCUT2D eigenvalue weighted by molar-refractivity contribution is -0.135. The Balaban J connectivity index is 3.40. The van der Waals surface area contributed by atoms with Crippen LogP contribution in [-0.2, 0) is 9.59 Å². The summed E-state index contributed by atoms with van der Waals surface area (Å²) in [5.74, 6) is -0.735. The first-order valence-electron chi connectivity index (χ1n) is 3.76. The Morgan fingerprint density at radius 3 is 2.36 bits per heavy atom. The van der Waals surface area contributed by atoms with Gasteiger partial charge in [-0.3, -0.25) is 9.59 Å². The van der Waals surface area contributed by atoms with E-state index in [2.05, 4.69) is 0 Å². The van der Waals surface area contributed by atoms with E-state index >= 15 is 0 Å². The minimum atomic E-state index is -0.393. The van der Waals surface area contributed by atoms with Crippen LogP contribution in [0.15, 0.2) is 0 Å². The molecule has 0 aliphatic rings. The molecule has 3 nitrogen and oxygen atoms in total. The maximum absolute atomic E-state index is 10.7. The van der Waals surface area contributed by atoms with Gasteiger partial charge in [0.15, 0.2) is 11.6 Å². The van der Waals surface area contributed by atoms with Gasteiger partial charge in [-0.25, -0.2) is 0 Å². The van der Waals surface area contributed by atoms with Gasteiger partial charge in [-0.15, -0.1) is 0 Å². The highest BCUT2D eigenvalue weighted by atomic mass is 16.3. The molecule has 0 fully saturated rings. The topological polar surface area (TPSA) is 54.4 Å². The van der Waals surface area contributed by atoms with E-state index in [-0.39, 0.29) is 18.3 Å². The molecule has 0 aliphatic heterocycles. The SMILES string of the molecule is CC(=O)C(=O)CCCC(C)O. The highest BCUT2D eigenvalue weighted by Gasteiger charge is 2.07. The summed E-state index contributed by atoms with van der Waals surface area (Å²) in [6, 6.07) is 0. The van der Waals surface area contributed by atoms with Crippen molar-refractivity contribution in [2.45, 2.75) is 39.2 Å². The average molecular weight is 158 g/mol. The Morgan fingerprint density at radius 1 is 1.45 bits per heavy atom. The third-order valence-electron chi connectivity index (χ3n) is 1.42. The third kappa shape index (κ3) is 5.73. The molecule has 0 saturated heterocycles. The second kappa shape index (κ2) is 5.02. The van der Waals surface area contributed by atoms with Gasteiger partial charge < -0.3 is 5.11 Å². The molecule has 0 radical (unpaired) electrons. The molecule has 0 saturated carbocycles. The second-order valence-electron chi connectivity index (χ2n) is 2.72. The van der Waals surface area contributed by atoms with E-state index in [9.17, 15) is 9.59 Å². The average Bonchev–Trinajstić information content (AvgIpc) is 1.86. The van der Waals surface area contributed by atoms with Gasteiger partial charge in [0.2, 0.25) is 0 Å². The maximum atomic E-state index is 10.7. The van der Waals surface area contributed by atoms with Gasteiger partial charge in [0.25, 0.3) is 0 Å². The Hall–Kier alpha value is -0.700. The fourth-order valence-corrected chi connectivity index (χ4v) is 0.734. The van der Waals surface area contributed by atoms with Crippen molar-refractivity contribution in [3.05, 3.63) is 0 Å². The van der Waals surface area contributed by atoms with Crippen LogP contribution in [-0.4, -0.2) is 22.8 Å². The molecule has 0 spiro atoms. The Bertz CT molecular complexity index is 149. The summed E-state index contributed by atoms with van der Waals surface area (Å²) in [6.45, 7) is 2.93. The molecule has 1 N–H and O–H groups in total. The number of carbonyl (C=O) groups is 2. The van der Waals surface area contributed by atoms with Gasteiger partial charge >= 0.3 is 0 Å². The second-order valence-corrected chi connectivity index (χ2v) is 2.72. The van der Waals surface area contributed by atoms with Gasteiger partial charge in [0.1, 0.15) is 0 Å². The van der Waals surface area contributed by atoms with Crippen molar-refractivity contribution in [1.82, 2.24) is 0 Å². The van der Waals surface area contributed by atoms with Gasteiger partial charge in [-0.1, -0.05) is 0 Å². The van der Waals surface area contributed by atoms with Crippen LogP contribution in [0, 0.1) is 0 Å². The highest BCUT2D eigenvalue weighted by molar-refractivity contribution is 6.36. The van der Waals surface area contributed by atoms with Crippen LogP contribution < -0.4 is 0 Å². The Labute approximate surface area is 66.4 Å². The molecule has 0 aliphatic carbocycles. The van der Waals surface area contributed by atoms with Gasteiger partial charge in [-0.2, -0.15) is 0 Å². The molecule has 3 heteroatoms. The van der Waals surface area contributed by atoms with E-state index in [4.69, 9.17) is 5.11 Å². The summed E-state index contributed by atoms with van der Waals surface area (Å²) in [5.41, 5.74) is 0. The van der Waals surface area contributed by atoms with E-state index in [1.807, 2.05) is 0 Å². The fourth-order valence-electron chi connectivity index (χ4n) is 0.734. The number of hydrogen-bond acceptors (Lipinski definition) is 3. The Morgan fingerprint density at radius 2 is 2.00 bits per heavy atom. The molecular weight excluding hydrogens is 144 g/mol. The zero-order valence-electron chi connectivity index (χ0n) is 6.96. The van der Waals surface area contributed by atoms with Crippen molar-refractivity contribution < 1.29 is 14.7 Å². The van der Waals surface area contributed by atoms with Crippen LogP contribution in [0.25, 0.3) is 0 Å². The summed E-state index contributed by atoms with van der Waals surface area (Å²) in [5, 5.41) is 8.81. The molecule has 0 bridgehead atoms. The zero-order valence-corrected chi connectivity index (χ0v) is 6.96. The van der Waals surface area contributed by atoms with E-state index < -0.39 is 5.78 Å². The minimum absolute atomic E-state index is 0.264. The fraction of sp³-hybridized carbons (Fsp3) is 0.750. The lowest BCUT2D eigenvalue weighted by atomic mass is 10.1. The number of carbonyl (C=O) groups excluding carboxylic acids is 2. The third-order valence-corrected chi connectivity index (χ3v) is 1.42. The lowest BCUT2D eigenvalue weighted by Crippen LogP contribution is -2.10. The molecule has 1 atom stereocenters. The van der Waals surface area contributed by atoms with E-state index in [0.717, 1.165) is 0 Å². The van der Waals surface area contributed by atoms with Crippen molar-refractivity contribution in [3.63, 3.8) is 0 Å². The molecular formula is C8H14O3. The Kier molecular flexibility index (Phi) is 4.70. The maximum Gasteiger partial charge on any atom is 0.198 e. The minimum Gasteiger partial charge on any atom is -0.393 e. The summed E-state index contributed by atoms with van der Waals surface area (Å²) in [6.07, 6.45) is 1.06. The summed E-state index contributed by atoms with van der Waals surface area (Å²) < 4.78 is 0. The van der Waals surface area contributed by atoms with E-state index in [1.54, 1.807) is 6.92 Å². The smallest absolute Gasteiger partial charge is 0.198 e. The molecule has 0 heterocycles. The highest BCUT2D eigenvalue weighted by Crippen LogP contribution is 2.00.